The molecule has 96 valence electrons. The lowest BCUT2D eigenvalue weighted by atomic mass is 10.0. The van der Waals surface area contributed by atoms with Gasteiger partial charge in [0.05, 0.1) is 11.8 Å². The van der Waals surface area contributed by atoms with Crippen molar-refractivity contribution in [1.82, 2.24) is 9.71 Å². The molecule has 1 aliphatic rings. The molecule has 1 fully saturated rings. The lowest BCUT2D eigenvalue weighted by Gasteiger charge is -2.22. The molecule has 0 radical (unpaired) electrons. The number of nitrogens with zero attached hydrogens (tertiary/aromatic N) is 1. The van der Waals surface area contributed by atoms with Crippen molar-refractivity contribution in [2.45, 2.75) is 29.6 Å². The number of aromatic nitrogens is 1. The van der Waals surface area contributed by atoms with Gasteiger partial charge in [0, 0.05) is 13.2 Å². The van der Waals surface area contributed by atoms with E-state index in [2.05, 4.69) is 9.71 Å². The van der Waals surface area contributed by atoms with E-state index < -0.39 is 15.6 Å². The second kappa shape index (κ2) is 4.81. The van der Waals surface area contributed by atoms with Crippen molar-refractivity contribution in [3.8, 4) is 0 Å². The average Bonchev–Trinajstić information content (AvgIpc) is 2.86. The minimum atomic E-state index is -3.52. The van der Waals surface area contributed by atoms with Gasteiger partial charge in [0.15, 0.2) is 8.68 Å². The Labute approximate surface area is 109 Å². The minimum absolute atomic E-state index is 0.129. The summed E-state index contributed by atoms with van der Waals surface area (Å²) in [5.74, 6) is 0. The number of rotatable bonds is 4. The summed E-state index contributed by atoms with van der Waals surface area (Å²) in [5, 5.41) is 0. The Balaban J connectivity index is 2.03. The number of sulfonamides is 1. The molecule has 1 unspecified atom stereocenters. The minimum Gasteiger partial charge on any atom is -0.374 e. The molecule has 8 heteroatoms. The van der Waals surface area contributed by atoms with Gasteiger partial charge < -0.3 is 4.74 Å². The van der Waals surface area contributed by atoms with E-state index in [9.17, 15) is 8.42 Å². The van der Waals surface area contributed by atoms with E-state index in [-0.39, 0.29) is 15.2 Å². The van der Waals surface area contributed by atoms with Gasteiger partial charge in [-0.1, -0.05) is 22.9 Å². The topological polar surface area (TPSA) is 68.3 Å². The number of ether oxygens (including phenoxy) is 1. The van der Waals surface area contributed by atoms with Crippen LogP contribution in [0.5, 0.6) is 0 Å². The fourth-order valence-corrected chi connectivity index (χ4v) is 4.15. The predicted octanol–water partition coefficient (Wildman–Crippen LogP) is 1.64. The van der Waals surface area contributed by atoms with Crippen LogP contribution >= 0.6 is 22.9 Å². The van der Waals surface area contributed by atoms with E-state index in [0.717, 1.165) is 24.2 Å². The lowest BCUT2D eigenvalue weighted by Crippen LogP contribution is -2.39. The summed E-state index contributed by atoms with van der Waals surface area (Å²) in [6.45, 7) is 2.86. The second-order valence-electron chi connectivity index (χ2n) is 4.16. The van der Waals surface area contributed by atoms with Crippen LogP contribution in [0.3, 0.4) is 0 Å². The number of hydrogen-bond donors (Lipinski definition) is 1. The van der Waals surface area contributed by atoms with Crippen molar-refractivity contribution in [1.29, 1.82) is 0 Å². The quantitative estimate of drug-likeness (QED) is 0.917. The van der Waals surface area contributed by atoms with E-state index in [1.54, 1.807) is 0 Å². The first-order chi connectivity index (χ1) is 7.91. The molecular formula is C9H13ClN2O3S2. The maximum Gasteiger partial charge on any atom is 0.251 e. The Bertz CT molecular complexity index is 494. The summed E-state index contributed by atoms with van der Waals surface area (Å²) >= 11 is 6.55. The van der Waals surface area contributed by atoms with Crippen LogP contribution in [0.2, 0.25) is 4.47 Å². The van der Waals surface area contributed by atoms with Gasteiger partial charge in [-0.25, -0.2) is 18.1 Å². The van der Waals surface area contributed by atoms with Crippen LogP contribution in [0, 0.1) is 0 Å². The van der Waals surface area contributed by atoms with Crippen LogP contribution in [0.1, 0.15) is 19.8 Å². The third kappa shape index (κ3) is 3.17. The van der Waals surface area contributed by atoms with Crippen molar-refractivity contribution in [2.75, 3.05) is 13.2 Å². The van der Waals surface area contributed by atoms with Crippen LogP contribution in [0.4, 0.5) is 0 Å². The number of nitrogens with one attached hydrogen (secondary N) is 1. The molecule has 1 saturated heterocycles. The van der Waals surface area contributed by atoms with Gasteiger partial charge in [-0.3, -0.25) is 0 Å². The maximum atomic E-state index is 11.9. The van der Waals surface area contributed by atoms with E-state index in [4.69, 9.17) is 16.3 Å². The molecule has 0 saturated carbocycles. The highest BCUT2D eigenvalue weighted by Crippen LogP contribution is 2.26. The summed E-state index contributed by atoms with van der Waals surface area (Å²) in [6, 6.07) is 0. The fourth-order valence-electron chi connectivity index (χ4n) is 1.66. The number of thiazole rings is 1. The Hall–Kier alpha value is -0.210. The molecule has 17 heavy (non-hydrogen) atoms. The van der Waals surface area contributed by atoms with Crippen molar-refractivity contribution in [2.24, 2.45) is 0 Å². The van der Waals surface area contributed by atoms with Crippen LogP contribution in [-0.2, 0) is 14.8 Å². The van der Waals surface area contributed by atoms with Gasteiger partial charge in [-0.2, -0.15) is 0 Å². The first-order valence-corrected chi connectivity index (χ1v) is 7.84. The van der Waals surface area contributed by atoms with E-state index in [0.29, 0.717) is 6.61 Å². The molecule has 1 atom stereocenters. The Morgan fingerprint density at radius 3 is 3.00 bits per heavy atom. The molecular weight excluding hydrogens is 284 g/mol. The van der Waals surface area contributed by atoms with Crippen LogP contribution in [0.15, 0.2) is 10.4 Å². The molecule has 5 nitrogen and oxygen atoms in total. The second-order valence-corrected chi connectivity index (χ2v) is 7.77. The van der Waals surface area contributed by atoms with Gasteiger partial charge in [0.1, 0.15) is 0 Å². The van der Waals surface area contributed by atoms with Crippen molar-refractivity contribution in [3.05, 3.63) is 10.7 Å². The molecule has 0 bridgehead atoms. The van der Waals surface area contributed by atoms with Gasteiger partial charge in [-0.15, -0.1) is 0 Å². The van der Waals surface area contributed by atoms with E-state index in [1.165, 1.54) is 6.20 Å². The Morgan fingerprint density at radius 1 is 1.71 bits per heavy atom. The summed E-state index contributed by atoms with van der Waals surface area (Å²) in [4.78, 5) is 3.71. The highest BCUT2D eigenvalue weighted by atomic mass is 35.5. The Morgan fingerprint density at radius 2 is 2.47 bits per heavy atom. The summed E-state index contributed by atoms with van der Waals surface area (Å²) in [5.41, 5.74) is -0.401. The number of hydrogen-bond acceptors (Lipinski definition) is 5. The third-order valence-corrected chi connectivity index (χ3v) is 5.63. The third-order valence-electron chi connectivity index (χ3n) is 2.66. The van der Waals surface area contributed by atoms with Crippen molar-refractivity contribution < 1.29 is 13.2 Å². The molecule has 2 rings (SSSR count). The van der Waals surface area contributed by atoms with Gasteiger partial charge in [-0.05, 0) is 19.8 Å². The smallest absolute Gasteiger partial charge is 0.251 e. The zero-order valence-corrected chi connectivity index (χ0v) is 11.7. The molecule has 1 aliphatic heterocycles. The van der Waals surface area contributed by atoms with Crippen molar-refractivity contribution >= 4 is 33.0 Å². The number of halogens is 1. The van der Waals surface area contributed by atoms with E-state index in [1.807, 2.05) is 6.92 Å². The first kappa shape index (κ1) is 13.2. The van der Waals surface area contributed by atoms with Gasteiger partial charge in [0.25, 0.3) is 10.0 Å². The van der Waals surface area contributed by atoms with Gasteiger partial charge in [0.2, 0.25) is 0 Å². The largest absolute Gasteiger partial charge is 0.374 e. The standard InChI is InChI=1S/C9H13ClN2O3S2/c1-9(3-2-4-15-9)6-12-17(13,14)7-5-11-8(10)16-7/h5,12H,2-4,6H2,1H3. The summed E-state index contributed by atoms with van der Waals surface area (Å²) in [6.07, 6.45) is 3.08. The first-order valence-electron chi connectivity index (χ1n) is 5.16. The van der Waals surface area contributed by atoms with Crippen LogP contribution in [-0.4, -0.2) is 32.2 Å². The SMILES string of the molecule is CC1(CNS(=O)(=O)c2cnc(Cl)s2)CCCO1. The summed E-state index contributed by atoms with van der Waals surface area (Å²) in [7, 11) is -3.52. The highest BCUT2D eigenvalue weighted by molar-refractivity contribution is 7.91. The summed E-state index contributed by atoms with van der Waals surface area (Å²) < 4.78 is 32.2. The Kier molecular flexibility index (Phi) is 3.74. The maximum absolute atomic E-state index is 11.9. The monoisotopic (exact) mass is 296 g/mol. The molecule has 0 aromatic carbocycles. The zero-order valence-electron chi connectivity index (χ0n) is 9.27. The molecule has 0 aliphatic carbocycles. The lowest BCUT2D eigenvalue weighted by molar-refractivity contribution is 0.0250. The normalized spacial score (nSPS) is 25.3. The molecule has 0 spiro atoms. The van der Waals surface area contributed by atoms with Crippen LogP contribution in [0.25, 0.3) is 0 Å². The van der Waals surface area contributed by atoms with Crippen molar-refractivity contribution in [3.63, 3.8) is 0 Å². The molecule has 1 aromatic heterocycles. The molecule has 0 amide bonds. The van der Waals surface area contributed by atoms with Gasteiger partial charge >= 0.3 is 0 Å². The van der Waals surface area contributed by atoms with Crippen LogP contribution < -0.4 is 4.72 Å². The predicted molar refractivity (Wildman–Crippen MR) is 65.9 cm³/mol. The fraction of sp³-hybridized carbons (Fsp3) is 0.667. The average molecular weight is 297 g/mol. The molecule has 2 heterocycles. The zero-order chi connectivity index (χ0) is 12.5. The molecule has 1 aromatic rings. The highest BCUT2D eigenvalue weighted by Gasteiger charge is 2.31. The van der Waals surface area contributed by atoms with E-state index >= 15 is 0 Å². The molecule has 1 N–H and O–H groups in total.